The monoisotopic (exact) mass is 410 g/mol. The molecule has 2 N–H and O–H groups in total. The Labute approximate surface area is 177 Å². The summed E-state index contributed by atoms with van der Waals surface area (Å²) < 4.78 is 5.47. The molecular weight excluding hydrogens is 380 g/mol. The van der Waals surface area contributed by atoms with Gasteiger partial charge in [-0.2, -0.15) is 4.98 Å². The summed E-state index contributed by atoms with van der Waals surface area (Å²) in [6, 6.07) is 12.5. The zero-order chi connectivity index (χ0) is 20.8. The molecule has 4 rings (SSSR count). The summed E-state index contributed by atoms with van der Waals surface area (Å²) >= 11 is 0. The van der Waals surface area contributed by atoms with E-state index in [2.05, 4.69) is 32.7 Å². The van der Waals surface area contributed by atoms with Crippen molar-refractivity contribution in [3.8, 4) is 0 Å². The minimum absolute atomic E-state index is 0.154. The highest BCUT2D eigenvalue weighted by Gasteiger charge is 2.21. The number of anilines is 2. The molecule has 1 aromatic heterocycles. The minimum Gasteiger partial charge on any atom is -0.378 e. The van der Waals surface area contributed by atoms with Gasteiger partial charge < -0.3 is 25.2 Å². The summed E-state index contributed by atoms with van der Waals surface area (Å²) in [6.45, 7) is 5.26. The van der Waals surface area contributed by atoms with Crippen LogP contribution in [0, 0.1) is 0 Å². The van der Waals surface area contributed by atoms with Crippen LogP contribution in [0.15, 0.2) is 36.4 Å². The fraction of sp³-hybridized carbons (Fsp3) is 0.500. The van der Waals surface area contributed by atoms with Gasteiger partial charge in [-0.25, -0.2) is 4.98 Å². The van der Waals surface area contributed by atoms with Crippen LogP contribution in [-0.4, -0.2) is 74.9 Å². The second-order valence-corrected chi connectivity index (χ2v) is 7.82. The molecule has 1 atom stereocenters. The average molecular weight is 411 g/mol. The lowest BCUT2D eigenvalue weighted by Gasteiger charge is -2.29. The number of rotatable bonds is 8. The van der Waals surface area contributed by atoms with Crippen molar-refractivity contribution in [2.45, 2.75) is 18.9 Å². The van der Waals surface area contributed by atoms with Crippen LogP contribution in [0.1, 0.15) is 22.5 Å². The van der Waals surface area contributed by atoms with Crippen molar-refractivity contribution in [2.24, 2.45) is 0 Å². The third-order valence-electron chi connectivity index (χ3n) is 5.62. The Kier molecular flexibility index (Phi) is 6.76. The molecular formula is C22H30N6O2. The van der Waals surface area contributed by atoms with Gasteiger partial charge in [0.1, 0.15) is 11.5 Å². The standard InChI is InChI=1S/C22H30N6O2/c1-27(10-8-17-5-3-2-4-6-17)22-25-19(21(29)24-16-18-7-9-23-18)15-20(26-22)28-11-13-30-14-12-28/h2-6,15,18,23H,7-14,16H2,1H3,(H,24,29). The number of hydrogen-bond acceptors (Lipinski definition) is 7. The zero-order valence-corrected chi connectivity index (χ0v) is 17.5. The van der Waals surface area contributed by atoms with Crippen LogP contribution in [0.3, 0.4) is 0 Å². The van der Waals surface area contributed by atoms with Crippen LogP contribution in [0.5, 0.6) is 0 Å². The van der Waals surface area contributed by atoms with Crippen molar-refractivity contribution < 1.29 is 9.53 Å². The molecule has 3 heterocycles. The predicted molar refractivity (Wildman–Crippen MR) is 117 cm³/mol. The highest BCUT2D eigenvalue weighted by Crippen LogP contribution is 2.19. The molecule has 0 aliphatic carbocycles. The van der Waals surface area contributed by atoms with Crippen LogP contribution < -0.4 is 20.4 Å². The number of benzene rings is 1. The Hall–Kier alpha value is -2.71. The predicted octanol–water partition coefficient (Wildman–Crippen LogP) is 1.08. The first-order valence-electron chi connectivity index (χ1n) is 10.7. The molecule has 2 aromatic rings. The zero-order valence-electron chi connectivity index (χ0n) is 17.5. The van der Waals surface area contributed by atoms with Crippen molar-refractivity contribution in [3.63, 3.8) is 0 Å². The topological polar surface area (TPSA) is 82.6 Å². The van der Waals surface area contributed by atoms with Crippen molar-refractivity contribution in [1.29, 1.82) is 0 Å². The number of hydrogen-bond donors (Lipinski definition) is 2. The van der Waals surface area contributed by atoms with Crippen molar-refractivity contribution in [3.05, 3.63) is 47.7 Å². The van der Waals surface area contributed by atoms with E-state index in [4.69, 9.17) is 9.72 Å². The van der Waals surface area contributed by atoms with Crippen LogP contribution in [0.2, 0.25) is 0 Å². The molecule has 2 fully saturated rings. The second-order valence-electron chi connectivity index (χ2n) is 7.82. The van der Waals surface area contributed by atoms with E-state index >= 15 is 0 Å². The van der Waals surface area contributed by atoms with E-state index in [1.807, 2.05) is 30.1 Å². The van der Waals surface area contributed by atoms with Gasteiger partial charge in [-0.05, 0) is 24.9 Å². The summed E-state index contributed by atoms with van der Waals surface area (Å²) in [5, 5.41) is 6.30. The number of nitrogens with one attached hydrogen (secondary N) is 2. The molecule has 2 aliphatic heterocycles. The first-order valence-corrected chi connectivity index (χ1v) is 10.7. The molecule has 1 amide bonds. The summed E-state index contributed by atoms with van der Waals surface area (Å²) in [4.78, 5) is 26.3. The maximum atomic E-state index is 12.8. The van der Waals surface area contributed by atoms with Gasteiger partial charge in [-0.15, -0.1) is 0 Å². The number of morpholine rings is 1. The lowest BCUT2D eigenvalue weighted by molar-refractivity contribution is 0.0940. The lowest BCUT2D eigenvalue weighted by Crippen LogP contribution is -2.50. The maximum absolute atomic E-state index is 12.8. The molecule has 1 aromatic carbocycles. The SMILES string of the molecule is CN(CCc1ccccc1)c1nc(C(=O)NCC2CCN2)cc(N2CCOCC2)n1. The van der Waals surface area contributed by atoms with E-state index in [9.17, 15) is 4.79 Å². The number of likely N-dealkylation sites (N-methyl/N-ethyl adjacent to an activating group) is 1. The normalized spacial score (nSPS) is 18.6. The summed E-state index contributed by atoms with van der Waals surface area (Å²) in [6.07, 6.45) is 1.98. The van der Waals surface area contributed by atoms with E-state index in [0.717, 1.165) is 44.8 Å². The largest absolute Gasteiger partial charge is 0.378 e. The molecule has 0 spiro atoms. The molecule has 30 heavy (non-hydrogen) atoms. The number of ether oxygens (including phenoxy) is 1. The second kappa shape index (κ2) is 9.86. The Balaban J connectivity index is 1.50. The highest BCUT2D eigenvalue weighted by atomic mass is 16.5. The van der Waals surface area contributed by atoms with Crippen molar-refractivity contribution in [2.75, 3.05) is 62.8 Å². The van der Waals surface area contributed by atoms with Gasteiger partial charge >= 0.3 is 0 Å². The van der Waals surface area contributed by atoms with Crippen LogP contribution in [-0.2, 0) is 11.2 Å². The molecule has 8 heteroatoms. The van der Waals surface area contributed by atoms with E-state index in [0.29, 0.717) is 37.4 Å². The quantitative estimate of drug-likeness (QED) is 0.674. The minimum atomic E-state index is -0.154. The Morgan fingerprint density at radius 3 is 2.73 bits per heavy atom. The van der Waals surface area contributed by atoms with Gasteiger partial charge in [-0.1, -0.05) is 30.3 Å². The first kappa shape index (κ1) is 20.6. The van der Waals surface area contributed by atoms with Gasteiger partial charge in [0, 0.05) is 45.3 Å². The fourth-order valence-electron chi connectivity index (χ4n) is 3.53. The molecule has 0 saturated carbocycles. The number of carbonyl (C=O) groups is 1. The summed E-state index contributed by atoms with van der Waals surface area (Å²) in [5.74, 6) is 1.20. The first-order chi connectivity index (χ1) is 14.7. The molecule has 0 radical (unpaired) electrons. The van der Waals surface area contributed by atoms with Crippen molar-refractivity contribution >= 4 is 17.7 Å². The molecule has 160 valence electrons. The Morgan fingerprint density at radius 1 is 1.27 bits per heavy atom. The molecule has 8 nitrogen and oxygen atoms in total. The Morgan fingerprint density at radius 2 is 2.03 bits per heavy atom. The van der Waals surface area contributed by atoms with Crippen LogP contribution in [0.25, 0.3) is 0 Å². The van der Waals surface area contributed by atoms with E-state index in [1.165, 1.54) is 5.56 Å². The molecule has 2 saturated heterocycles. The molecule has 1 unspecified atom stereocenters. The highest BCUT2D eigenvalue weighted by molar-refractivity contribution is 5.93. The maximum Gasteiger partial charge on any atom is 0.270 e. The lowest BCUT2D eigenvalue weighted by atomic mass is 10.1. The molecule has 2 aliphatic rings. The van der Waals surface area contributed by atoms with Gasteiger partial charge in [0.05, 0.1) is 13.2 Å². The smallest absolute Gasteiger partial charge is 0.270 e. The van der Waals surface area contributed by atoms with Gasteiger partial charge in [0.2, 0.25) is 5.95 Å². The summed E-state index contributed by atoms with van der Waals surface area (Å²) in [5.41, 5.74) is 1.67. The van der Waals surface area contributed by atoms with E-state index in [1.54, 1.807) is 6.07 Å². The number of nitrogens with zero attached hydrogens (tertiary/aromatic N) is 4. The van der Waals surface area contributed by atoms with Gasteiger partial charge in [0.15, 0.2) is 0 Å². The number of amides is 1. The van der Waals surface area contributed by atoms with Crippen LogP contribution in [0.4, 0.5) is 11.8 Å². The fourth-order valence-corrected chi connectivity index (χ4v) is 3.53. The number of carbonyl (C=O) groups excluding carboxylic acids is 1. The van der Waals surface area contributed by atoms with Crippen LogP contribution >= 0.6 is 0 Å². The van der Waals surface area contributed by atoms with E-state index < -0.39 is 0 Å². The van der Waals surface area contributed by atoms with Crippen molar-refractivity contribution in [1.82, 2.24) is 20.6 Å². The van der Waals surface area contributed by atoms with Gasteiger partial charge in [0.25, 0.3) is 5.91 Å². The third kappa shape index (κ3) is 5.25. The summed E-state index contributed by atoms with van der Waals surface area (Å²) in [7, 11) is 1.97. The van der Waals surface area contributed by atoms with E-state index in [-0.39, 0.29) is 5.91 Å². The number of aromatic nitrogens is 2. The Bertz CT molecular complexity index is 837. The molecule has 0 bridgehead atoms. The van der Waals surface area contributed by atoms with Gasteiger partial charge in [-0.3, -0.25) is 4.79 Å². The third-order valence-corrected chi connectivity index (χ3v) is 5.62. The average Bonchev–Trinajstić information content (AvgIpc) is 2.77.